The minimum atomic E-state index is -0.706. The molecule has 0 aliphatic carbocycles. The topological polar surface area (TPSA) is 109 Å². The molecule has 11 heteroatoms. The average molecular weight is 592 g/mol. The van der Waals surface area contributed by atoms with Gasteiger partial charge in [-0.05, 0) is 38.5 Å². The van der Waals surface area contributed by atoms with Crippen LogP contribution in [0.2, 0.25) is 0 Å². The smallest absolute Gasteiger partial charge is 0.338 e. The molecule has 1 saturated heterocycles. The molecular weight excluding hydrogens is 558 g/mol. The number of ether oxygens (including phenoxy) is 4. The fourth-order valence-electron chi connectivity index (χ4n) is 4.95. The predicted molar refractivity (Wildman–Crippen MR) is 157 cm³/mol. The zero-order valence-electron chi connectivity index (χ0n) is 24.0. The van der Waals surface area contributed by atoms with Gasteiger partial charge in [0, 0.05) is 18.7 Å². The number of thiazole rings is 1. The number of carbonyl (C=O) groups is 2. The second-order valence-electron chi connectivity index (χ2n) is 10.1. The van der Waals surface area contributed by atoms with Crippen LogP contribution in [0.4, 0.5) is 0 Å². The molecule has 2 aliphatic rings. The largest absolute Gasteiger partial charge is 0.493 e. The molecule has 1 amide bonds. The lowest BCUT2D eigenvalue weighted by Gasteiger charge is -2.27. The van der Waals surface area contributed by atoms with Crippen molar-refractivity contribution in [2.24, 2.45) is 4.99 Å². The van der Waals surface area contributed by atoms with E-state index in [1.54, 1.807) is 54.5 Å². The van der Waals surface area contributed by atoms with E-state index in [1.807, 2.05) is 30.3 Å². The minimum Gasteiger partial charge on any atom is -0.493 e. The van der Waals surface area contributed by atoms with Gasteiger partial charge in [-0.2, -0.15) is 0 Å². The number of para-hydroxylation sites is 1. The minimum absolute atomic E-state index is 0.159. The third-order valence-corrected chi connectivity index (χ3v) is 7.90. The highest BCUT2D eigenvalue weighted by atomic mass is 32.1. The van der Waals surface area contributed by atoms with Crippen LogP contribution in [-0.2, 0) is 19.1 Å². The number of esters is 1. The molecule has 1 unspecified atom stereocenters. The van der Waals surface area contributed by atoms with Crippen molar-refractivity contribution >= 4 is 29.3 Å². The number of hydrogen-bond acceptors (Lipinski definition) is 9. The Kier molecular flexibility index (Phi) is 8.89. The Morgan fingerprint density at radius 1 is 1.12 bits per heavy atom. The SMILES string of the molecule is COc1cccc(C=c2sc3n(c2=O)C(c2ccccc2)C(C(=O)OC(C)C)=C(C)N=3)c1OCC(=O)N1CCOCC1. The number of nitrogens with zero attached hydrogens (tertiary/aromatic N) is 3. The molecular formula is C31H33N3O7S. The molecule has 2 aromatic carbocycles. The van der Waals surface area contributed by atoms with Crippen molar-refractivity contribution in [1.29, 1.82) is 0 Å². The third-order valence-electron chi connectivity index (χ3n) is 6.92. The number of hydrogen-bond donors (Lipinski definition) is 0. The number of methoxy groups -OCH3 is 1. The van der Waals surface area contributed by atoms with E-state index in [1.165, 1.54) is 18.4 Å². The summed E-state index contributed by atoms with van der Waals surface area (Å²) in [5, 5.41) is 0. The highest BCUT2D eigenvalue weighted by Gasteiger charge is 2.33. The fourth-order valence-corrected chi connectivity index (χ4v) is 5.99. The molecule has 0 N–H and O–H groups in total. The van der Waals surface area contributed by atoms with E-state index in [9.17, 15) is 14.4 Å². The van der Waals surface area contributed by atoms with Crippen LogP contribution in [0.15, 0.2) is 69.6 Å². The zero-order valence-corrected chi connectivity index (χ0v) is 24.8. The van der Waals surface area contributed by atoms with E-state index in [0.717, 1.165) is 5.56 Å². The third kappa shape index (κ3) is 6.02. The molecule has 1 fully saturated rings. The molecule has 1 aromatic heterocycles. The van der Waals surface area contributed by atoms with Crippen LogP contribution < -0.4 is 24.4 Å². The van der Waals surface area contributed by atoms with Crippen LogP contribution in [-0.4, -0.2) is 67.5 Å². The number of fused-ring (bicyclic) bond motifs is 1. The molecule has 0 bridgehead atoms. The van der Waals surface area contributed by atoms with Crippen molar-refractivity contribution < 1.29 is 28.5 Å². The van der Waals surface area contributed by atoms with Gasteiger partial charge in [0.25, 0.3) is 11.5 Å². The fraction of sp³-hybridized carbons (Fsp3) is 0.355. The monoisotopic (exact) mass is 591 g/mol. The average Bonchev–Trinajstić information content (AvgIpc) is 3.29. The van der Waals surface area contributed by atoms with Crippen LogP contribution in [0, 0.1) is 0 Å². The first-order chi connectivity index (χ1) is 20.3. The normalized spacial score (nSPS) is 17.1. The molecule has 3 aromatic rings. The van der Waals surface area contributed by atoms with Crippen molar-refractivity contribution in [3.8, 4) is 11.5 Å². The van der Waals surface area contributed by atoms with Gasteiger partial charge in [-0.15, -0.1) is 0 Å². The second kappa shape index (κ2) is 12.7. The summed E-state index contributed by atoms with van der Waals surface area (Å²) in [4.78, 5) is 46.8. The number of benzene rings is 2. The van der Waals surface area contributed by atoms with E-state index in [-0.39, 0.29) is 24.2 Å². The van der Waals surface area contributed by atoms with Crippen molar-refractivity contribution in [3.05, 3.63) is 90.6 Å². The van der Waals surface area contributed by atoms with Crippen molar-refractivity contribution in [1.82, 2.24) is 9.47 Å². The number of carbonyl (C=O) groups excluding carboxylic acids is 2. The number of allylic oxidation sites excluding steroid dienone is 1. The van der Waals surface area contributed by atoms with Crippen LogP contribution in [0.3, 0.4) is 0 Å². The lowest BCUT2D eigenvalue weighted by molar-refractivity contribution is -0.143. The summed E-state index contributed by atoms with van der Waals surface area (Å²) in [5.74, 6) is 0.115. The molecule has 220 valence electrons. The summed E-state index contributed by atoms with van der Waals surface area (Å²) in [6.07, 6.45) is 1.37. The molecule has 0 saturated carbocycles. The molecule has 10 nitrogen and oxygen atoms in total. The first kappa shape index (κ1) is 29.3. The second-order valence-corrected chi connectivity index (χ2v) is 11.1. The van der Waals surface area contributed by atoms with E-state index in [4.69, 9.17) is 18.9 Å². The Labute approximate surface area is 247 Å². The molecule has 3 heterocycles. The van der Waals surface area contributed by atoms with Crippen LogP contribution in [0.25, 0.3) is 6.08 Å². The maximum atomic E-state index is 14.0. The number of rotatable bonds is 8. The van der Waals surface area contributed by atoms with Crippen molar-refractivity contribution in [2.45, 2.75) is 32.9 Å². The molecule has 5 rings (SSSR count). The van der Waals surface area contributed by atoms with Crippen LogP contribution in [0.1, 0.15) is 37.9 Å². The summed E-state index contributed by atoms with van der Waals surface area (Å²) in [6.45, 7) is 7.14. The highest BCUT2D eigenvalue weighted by Crippen LogP contribution is 2.33. The van der Waals surface area contributed by atoms with E-state index in [0.29, 0.717) is 64.0 Å². The Bertz CT molecular complexity index is 1690. The Balaban J connectivity index is 1.57. The molecule has 2 aliphatic heterocycles. The summed E-state index contributed by atoms with van der Waals surface area (Å²) in [7, 11) is 1.52. The molecule has 0 radical (unpaired) electrons. The van der Waals surface area contributed by atoms with Gasteiger partial charge >= 0.3 is 5.97 Å². The van der Waals surface area contributed by atoms with Gasteiger partial charge in [0.15, 0.2) is 22.9 Å². The first-order valence-corrected chi connectivity index (χ1v) is 14.5. The van der Waals surface area contributed by atoms with Gasteiger partial charge in [0.2, 0.25) is 0 Å². The summed E-state index contributed by atoms with van der Waals surface area (Å²) in [6, 6.07) is 14.0. The van der Waals surface area contributed by atoms with Crippen molar-refractivity contribution in [2.75, 3.05) is 40.0 Å². The summed E-state index contributed by atoms with van der Waals surface area (Å²) in [5.41, 5.74) is 1.84. The lowest BCUT2D eigenvalue weighted by atomic mass is 9.96. The van der Waals surface area contributed by atoms with Gasteiger partial charge in [-0.3, -0.25) is 14.2 Å². The predicted octanol–water partition coefficient (Wildman–Crippen LogP) is 2.43. The van der Waals surface area contributed by atoms with Gasteiger partial charge in [-0.25, -0.2) is 9.79 Å². The van der Waals surface area contributed by atoms with Gasteiger partial charge in [0.1, 0.15) is 0 Å². The van der Waals surface area contributed by atoms with Gasteiger partial charge in [-0.1, -0.05) is 53.8 Å². The summed E-state index contributed by atoms with van der Waals surface area (Å²) < 4.78 is 24.3. The Hall–Kier alpha value is -4.22. The highest BCUT2D eigenvalue weighted by molar-refractivity contribution is 7.07. The Morgan fingerprint density at radius 3 is 2.55 bits per heavy atom. The van der Waals surface area contributed by atoms with Gasteiger partial charge in [0.05, 0.1) is 48.3 Å². The number of aromatic nitrogens is 1. The van der Waals surface area contributed by atoms with Crippen LogP contribution >= 0.6 is 11.3 Å². The standard InChI is InChI=1S/C31H33N3O7S/c1-19(2)41-30(37)26-20(3)32-31-34(27(26)21-9-6-5-7-10-21)29(36)24(42-31)17-22-11-8-12-23(38-4)28(22)40-18-25(35)33-13-15-39-16-14-33/h5-12,17,19,27H,13-16,18H2,1-4H3. The molecule has 42 heavy (non-hydrogen) atoms. The van der Waals surface area contributed by atoms with Gasteiger partial charge < -0.3 is 23.8 Å². The van der Waals surface area contributed by atoms with E-state index >= 15 is 0 Å². The maximum absolute atomic E-state index is 14.0. The number of amides is 1. The number of morpholine rings is 1. The lowest BCUT2D eigenvalue weighted by Crippen LogP contribution is -2.43. The van der Waals surface area contributed by atoms with Crippen LogP contribution in [0.5, 0.6) is 11.5 Å². The molecule has 0 spiro atoms. The van der Waals surface area contributed by atoms with Crippen molar-refractivity contribution in [3.63, 3.8) is 0 Å². The Morgan fingerprint density at radius 2 is 1.86 bits per heavy atom. The molecule has 1 atom stereocenters. The summed E-state index contributed by atoms with van der Waals surface area (Å²) >= 11 is 1.21. The van der Waals surface area contributed by atoms with E-state index in [2.05, 4.69) is 4.99 Å². The van der Waals surface area contributed by atoms with E-state index < -0.39 is 12.0 Å². The maximum Gasteiger partial charge on any atom is 0.338 e. The quantitative estimate of drug-likeness (QED) is 0.370. The first-order valence-electron chi connectivity index (χ1n) is 13.7. The zero-order chi connectivity index (χ0) is 29.8.